The molecule has 0 aliphatic rings. The van der Waals surface area contributed by atoms with E-state index in [1.165, 1.54) is 0 Å². The first-order valence-corrected chi connectivity index (χ1v) is 7.81. The van der Waals surface area contributed by atoms with Gasteiger partial charge in [-0.15, -0.1) is 0 Å². The second-order valence-corrected chi connectivity index (χ2v) is 5.01. The molecule has 122 valence electrons. The second kappa shape index (κ2) is 10.7. The number of unbranched alkanes of at least 4 members (excludes halogenated alkanes) is 2. The molecule has 0 aromatic heterocycles. The van der Waals surface area contributed by atoms with Crippen LogP contribution in [0.3, 0.4) is 0 Å². The molecule has 0 saturated carbocycles. The summed E-state index contributed by atoms with van der Waals surface area (Å²) in [7, 11) is 0. The molecule has 1 atom stereocenters. The van der Waals surface area contributed by atoms with Crippen LogP contribution in [0.15, 0.2) is 30.3 Å². The summed E-state index contributed by atoms with van der Waals surface area (Å²) in [4.78, 5) is 23.7. The van der Waals surface area contributed by atoms with Gasteiger partial charge in [0, 0.05) is 0 Å². The second-order valence-electron chi connectivity index (χ2n) is 5.01. The molecule has 5 nitrogen and oxygen atoms in total. The van der Waals surface area contributed by atoms with Gasteiger partial charge in [-0.05, 0) is 18.9 Å². The number of esters is 1. The number of rotatable bonds is 9. The maximum Gasteiger partial charge on any atom is 0.408 e. The molecule has 0 spiro atoms. The van der Waals surface area contributed by atoms with E-state index in [0.29, 0.717) is 13.0 Å². The van der Waals surface area contributed by atoms with Crippen molar-refractivity contribution in [1.29, 1.82) is 0 Å². The van der Waals surface area contributed by atoms with Crippen LogP contribution in [0, 0.1) is 0 Å². The fourth-order valence-corrected chi connectivity index (χ4v) is 2.00. The van der Waals surface area contributed by atoms with Gasteiger partial charge >= 0.3 is 12.1 Å². The van der Waals surface area contributed by atoms with E-state index in [1.807, 2.05) is 30.3 Å². The van der Waals surface area contributed by atoms with Crippen molar-refractivity contribution in [3.8, 4) is 0 Å². The number of hydrogen-bond donors (Lipinski definition) is 1. The minimum atomic E-state index is -0.644. The monoisotopic (exact) mass is 307 g/mol. The molecule has 1 amide bonds. The van der Waals surface area contributed by atoms with E-state index in [-0.39, 0.29) is 6.61 Å². The van der Waals surface area contributed by atoms with E-state index in [1.54, 1.807) is 6.92 Å². The molecule has 0 saturated heterocycles. The lowest BCUT2D eigenvalue weighted by Crippen LogP contribution is -2.42. The summed E-state index contributed by atoms with van der Waals surface area (Å²) < 4.78 is 10.1. The summed E-state index contributed by atoms with van der Waals surface area (Å²) in [6, 6.07) is 8.75. The molecule has 1 aromatic rings. The maximum atomic E-state index is 11.9. The lowest BCUT2D eigenvalue weighted by molar-refractivity contribution is -0.145. The Kier molecular flexibility index (Phi) is 8.72. The Labute approximate surface area is 132 Å². The zero-order chi connectivity index (χ0) is 16.2. The van der Waals surface area contributed by atoms with Crippen LogP contribution in [-0.4, -0.2) is 24.7 Å². The Balaban J connectivity index is 2.45. The zero-order valence-electron chi connectivity index (χ0n) is 13.3. The van der Waals surface area contributed by atoms with Gasteiger partial charge < -0.3 is 14.8 Å². The average molecular weight is 307 g/mol. The molecule has 0 heterocycles. The van der Waals surface area contributed by atoms with E-state index < -0.39 is 18.1 Å². The minimum Gasteiger partial charge on any atom is -0.464 e. The molecule has 1 rings (SSSR count). The Bertz CT molecular complexity index is 447. The summed E-state index contributed by atoms with van der Waals surface area (Å²) in [5.74, 6) is -0.407. The van der Waals surface area contributed by atoms with E-state index in [4.69, 9.17) is 9.47 Å². The average Bonchev–Trinajstić information content (AvgIpc) is 2.53. The Morgan fingerprint density at radius 2 is 1.82 bits per heavy atom. The van der Waals surface area contributed by atoms with Crippen molar-refractivity contribution in [2.75, 3.05) is 6.61 Å². The van der Waals surface area contributed by atoms with Crippen LogP contribution in [0.25, 0.3) is 0 Å². The van der Waals surface area contributed by atoms with Crippen LogP contribution in [0.1, 0.15) is 45.1 Å². The topological polar surface area (TPSA) is 64.6 Å². The Morgan fingerprint density at radius 3 is 2.45 bits per heavy atom. The van der Waals surface area contributed by atoms with Gasteiger partial charge in [-0.3, -0.25) is 0 Å². The number of carbonyl (C=O) groups is 2. The summed E-state index contributed by atoms with van der Waals surface area (Å²) in [5.41, 5.74) is 0.899. The number of ether oxygens (including phenoxy) is 2. The molecule has 22 heavy (non-hydrogen) atoms. The quantitative estimate of drug-likeness (QED) is 0.561. The van der Waals surface area contributed by atoms with Gasteiger partial charge in [-0.2, -0.15) is 0 Å². The van der Waals surface area contributed by atoms with Gasteiger partial charge in [0.05, 0.1) is 6.61 Å². The number of hydrogen-bond acceptors (Lipinski definition) is 4. The smallest absolute Gasteiger partial charge is 0.408 e. The first-order valence-electron chi connectivity index (χ1n) is 7.81. The third-order valence-electron chi connectivity index (χ3n) is 3.17. The van der Waals surface area contributed by atoms with Gasteiger partial charge in [0.2, 0.25) is 0 Å². The van der Waals surface area contributed by atoms with Crippen molar-refractivity contribution >= 4 is 12.1 Å². The summed E-state index contributed by atoms with van der Waals surface area (Å²) >= 11 is 0. The molecule has 0 fully saturated rings. The van der Waals surface area contributed by atoms with Gasteiger partial charge in [0.1, 0.15) is 12.6 Å². The molecular weight excluding hydrogens is 282 g/mol. The van der Waals surface area contributed by atoms with Crippen molar-refractivity contribution in [2.24, 2.45) is 0 Å². The van der Waals surface area contributed by atoms with Crippen LogP contribution in [0.5, 0.6) is 0 Å². The van der Waals surface area contributed by atoms with E-state index >= 15 is 0 Å². The lowest BCUT2D eigenvalue weighted by Gasteiger charge is -2.17. The first-order chi connectivity index (χ1) is 10.7. The fraction of sp³-hybridized carbons (Fsp3) is 0.529. The van der Waals surface area contributed by atoms with Crippen molar-refractivity contribution in [3.63, 3.8) is 0 Å². The molecule has 0 aliphatic carbocycles. The first kappa shape index (κ1) is 18.0. The molecule has 5 heteroatoms. The highest BCUT2D eigenvalue weighted by molar-refractivity contribution is 5.81. The standard InChI is InChI=1S/C17H25NO4/c1-3-5-7-12-15(16(19)21-4-2)18-17(20)22-13-14-10-8-6-9-11-14/h6,8-11,15H,3-5,7,12-13H2,1-2H3,(H,18,20). The van der Waals surface area contributed by atoms with Crippen LogP contribution in [0.2, 0.25) is 0 Å². The zero-order valence-corrected chi connectivity index (χ0v) is 13.3. The number of amides is 1. The highest BCUT2D eigenvalue weighted by atomic mass is 16.6. The molecular formula is C17H25NO4. The molecule has 1 unspecified atom stereocenters. The van der Waals surface area contributed by atoms with Gasteiger partial charge in [0.15, 0.2) is 0 Å². The molecule has 1 aromatic carbocycles. The normalized spacial score (nSPS) is 11.5. The number of benzene rings is 1. The third kappa shape index (κ3) is 7.11. The predicted molar refractivity (Wildman–Crippen MR) is 84.3 cm³/mol. The van der Waals surface area contributed by atoms with Crippen molar-refractivity contribution < 1.29 is 19.1 Å². The number of nitrogens with one attached hydrogen (secondary N) is 1. The summed E-state index contributed by atoms with van der Waals surface area (Å²) in [6.07, 6.45) is 2.88. The minimum absolute atomic E-state index is 0.178. The molecule has 0 radical (unpaired) electrons. The molecule has 0 bridgehead atoms. The predicted octanol–water partition coefficient (Wildman–Crippen LogP) is 3.42. The van der Waals surface area contributed by atoms with Gasteiger partial charge in [0.25, 0.3) is 0 Å². The molecule has 1 N–H and O–H groups in total. The van der Waals surface area contributed by atoms with E-state index in [2.05, 4.69) is 12.2 Å². The third-order valence-corrected chi connectivity index (χ3v) is 3.17. The highest BCUT2D eigenvalue weighted by Gasteiger charge is 2.22. The lowest BCUT2D eigenvalue weighted by atomic mass is 10.1. The van der Waals surface area contributed by atoms with Crippen LogP contribution < -0.4 is 5.32 Å². The largest absolute Gasteiger partial charge is 0.464 e. The van der Waals surface area contributed by atoms with Gasteiger partial charge in [-0.25, -0.2) is 9.59 Å². The highest BCUT2D eigenvalue weighted by Crippen LogP contribution is 2.06. The number of alkyl carbamates (subject to hydrolysis) is 1. The number of carbonyl (C=O) groups excluding carboxylic acids is 2. The van der Waals surface area contributed by atoms with E-state index in [0.717, 1.165) is 24.8 Å². The van der Waals surface area contributed by atoms with Crippen LogP contribution in [0.4, 0.5) is 4.79 Å². The maximum absolute atomic E-state index is 11.9. The summed E-state index contributed by atoms with van der Waals surface area (Å²) in [5, 5.41) is 2.60. The fourth-order valence-electron chi connectivity index (χ4n) is 2.00. The summed E-state index contributed by atoms with van der Waals surface area (Å²) in [6.45, 7) is 4.30. The van der Waals surface area contributed by atoms with Crippen molar-refractivity contribution in [3.05, 3.63) is 35.9 Å². The van der Waals surface area contributed by atoms with Crippen molar-refractivity contribution in [1.82, 2.24) is 5.32 Å². The van der Waals surface area contributed by atoms with Crippen LogP contribution in [-0.2, 0) is 20.9 Å². The van der Waals surface area contributed by atoms with Gasteiger partial charge in [-0.1, -0.05) is 56.5 Å². The molecule has 0 aliphatic heterocycles. The Hall–Kier alpha value is -2.04. The van der Waals surface area contributed by atoms with Crippen LogP contribution >= 0.6 is 0 Å². The Morgan fingerprint density at radius 1 is 1.09 bits per heavy atom. The van der Waals surface area contributed by atoms with E-state index in [9.17, 15) is 9.59 Å². The van der Waals surface area contributed by atoms with Crippen molar-refractivity contribution in [2.45, 2.75) is 52.2 Å². The SMILES string of the molecule is CCCCCC(NC(=O)OCc1ccccc1)C(=O)OCC.